The summed E-state index contributed by atoms with van der Waals surface area (Å²) in [5.41, 5.74) is 3.95. The molecule has 0 saturated carbocycles. The first kappa shape index (κ1) is 14.3. The van der Waals surface area contributed by atoms with E-state index in [1.165, 1.54) is 6.07 Å². The number of anilines is 1. The Bertz CT molecular complexity index is 821. The van der Waals surface area contributed by atoms with E-state index in [4.69, 9.17) is 4.74 Å². The molecule has 2 heterocycles. The number of hydrogen-bond acceptors (Lipinski definition) is 2. The average molecular weight is 310 g/mol. The van der Waals surface area contributed by atoms with E-state index < -0.39 is 0 Å². The minimum Gasteiger partial charge on any atom is -0.381 e. The zero-order valence-electron chi connectivity index (χ0n) is 12.8. The molecule has 1 fully saturated rings. The molecule has 4 heteroatoms. The quantitative estimate of drug-likeness (QED) is 0.744. The predicted octanol–water partition coefficient (Wildman–Crippen LogP) is 4.56. The van der Waals surface area contributed by atoms with Crippen molar-refractivity contribution in [3.05, 3.63) is 54.3 Å². The second-order valence-corrected chi connectivity index (χ2v) is 5.99. The molecule has 23 heavy (non-hydrogen) atoms. The fourth-order valence-electron chi connectivity index (χ4n) is 3.15. The Labute approximate surface area is 134 Å². The van der Waals surface area contributed by atoms with E-state index in [0.29, 0.717) is 6.04 Å². The van der Waals surface area contributed by atoms with Crippen molar-refractivity contribution in [2.45, 2.75) is 18.9 Å². The summed E-state index contributed by atoms with van der Waals surface area (Å²) in [6.45, 7) is 1.62. The van der Waals surface area contributed by atoms with Gasteiger partial charge in [0.05, 0.1) is 11.2 Å². The number of benzene rings is 2. The molecule has 2 N–H and O–H groups in total. The maximum absolute atomic E-state index is 13.5. The van der Waals surface area contributed by atoms with Gasteiger partial charge in [0, 0.05) is 35.9 Å². The number of fused-ring (bicyclic) bond motifs is 1. The largest absolute Gasteiger partial charge is 0.381 e. The number of ether oxygens (including phenoxy) is 1. The van der Waals surface area contributed by atoms with E-state index in [0.717, 1.165) is 53.9 Å². The highest BCUT2D eigenvalue weighted by molar-refractivity contribution is 5.94. The molecule has 3 aromatic rings. The number of rotatable bonds is 3. The van der Waals surface area contributed by atoms with Crippen LogP contribution in [0.3, 0.4) is 0 Å². The van der Waals surface area contributed by atoms with Gasteiger partial charge in [0.1, 0.15) is 5.82 Å². The number of aromatic amines is 1. The summed E-state index contributed by atoms with van der Waals surface area (Å²) in [6.07, 6.45) is 2.04. The van der Waals surface area contributed by atoms with Crippen LogP contribution in [0.1, 0.15) is 12.8 Å². The van der Waals surface area contributed by atoms with Crippen LogP contribution in [0.4, 0.5) is 10.1 Å². The number of halogens is 1. The van der Waals surface area contributed by atoms with Gasteiger partial charge >= 0.3 is 0 Å². The molecule has 0 radical (unpaired) electrons. The third-order valence-electron chi connectivity index (χ3n) is 4.37. The number of aromatic nitrogens is 1. The van der Waals surface area contributed by atoms with E-state index in [1.54, 1.807) is 12.1 Å². The summed E-state index contributed by atoms with van der Waals surface area (Å²) in [5, 5.41) is 4.74. The number of hydrogen-bond donors (Lipinski definition) is 2. The van der Waals surface area contributed by atoms with Gasteiger partial charge in [0.2, 0.25) is 0 Å². The molecule has 0 aliphatic carbocycles. The molecule has 3 nitrogen and oxygen atoms in total. The molecular weight excluding hydrogens is 291 g/mol. The van der Waals surface area contributed by atoms with Gasteiger partial charge in [-0.2, -0.15) is 0 Å². The molecule has 1 aliphatic heterocycles. The van der Waals surface area contributed by atoms with Gasteiger partial charge in [-0.15, -0.1) is 0 Å². The molecule has 0 spiro atoms. The van der Waals surface area contributed by atoms with Crippen molar-refractivity contribution >= 4 is 16.6 Å². The third kappa shape index (κ3) is 2.94. The fourth-order valence-corrected chi connectivity index (χ4v) is 3.15. The maximum Gasteiger partial charge on any atom is 0.123 e. The molecule has 1 saturated heterocycles. The molecule has 118 valence electrons. The summed E-state index contributed by atoms with van der Waals surface area (Å²) in [7, 11) is 0. The first-order chi connectivity index (χ1) is 11.3. The molecule has 0 unspecified atom stereocenters. The summed E-state index contributed by atoms with van der Waals surface area (Å²) in [6, 6.07) is 15.4. The van der Waals surface area contributed by atoms with Crippen molar-refractivity contribution in [3.8, 4) is 11.3 Å². The molecule has 0 atom stereocenters. The highest BCUT2D eigenvalue weighted by atomic mass is 19.1. The highest BCUT2D eigenvalue weighted by Gasteiger charge is 2.15. The first-order valence-electron chi connectivity index (χ1n) is 8.01. The summed E-state index contributed by atoms with van der Waals surface area (Å²) >= 11 is 0. The highest BCUT2D eigenvalue weighted by Crippen LogP contribution is 2.30. The van der Waals surface area contributed by atoms with Gasteiger partial charge < -0.3 is 15.0 Å². The normalized spacial score (nSPS) is 15.9. The molecular formula is C19H19FN2O. The van der Waals surface area contributed by atoms with Crippen molar-refractivity contribution in [3.63, 3.8) is 0 Å². The SMILES string of the molecule is Fc1cccc(-c2cc3cccc(NC4CCOCC4)c3[nH]2)c1. The van der Waals surface area contributed by atoms with E-state index >= 15 is 0 Å². The van der Waals surface area contributed by atoms with E-state index in [9.17, 15) is 4.39 Å². The van der Waals surface area contributed by atoms with Crippen LogP contribution in [0.5, 0.6) is 0 Å². The van der Waals surface area contributed by atoms with Crippen LogP contribution in [0.15, 0.2) is 48.5 Å². The Kier molecular flexibility index (Phi) is 3.75. The van der Waals surface area contributed by atoms with Gasteiger partial charge in [-0.1, -0.05) is 24.3 Å². The average Bonchev–Trinajstić information content (AvgIpc) is 3.01. The third-order valence-corrected chi connectivity index (χ3v) is 4.37. The van der Waals surface area contributed by atoms with E-state index in [-0.39, 0.29) is 5.82 Å². The lowest BCUT2D eigenvalue weighted by Crippen LogP contribution is -2.27. The van der Waals surface area contributed by atoms with Gasteiger partial charge in [-0.05, 0) is 37.1 Å². The van der Waals surface area contributed by atoms with E-state index in [1.807, 2.05) is 12.1 Å². The summed E-state index contributed by atoms with van der Waals surface area (Å²) in [4.78, 5) is 3.44. The van der Waals surface area contributed by atoms with Crippen LogP contribution in [0, 0.1) is 5.82 Å². The number of nitrogens with one attached hydrogen (secondary N) is 2. The van der Waals surface area contributed by atoms with Crippen LogP contribution >= 0.6 is 0 Å². The van der Waals surface area contributed by atoms with Crippen molar-refractivity contribution in [2.24, 2.45) is 0 Å². The van der Waals surface area contributed by atoms with Crippen LogP contribution in [0.2, 0.25) is 0 Å². The van der Waals surface area contributed by atoms with Crippen molar-refractivity contribution in [2.75, 3.05) is 18.5 Å². The lowest BCUT2D eigenvalue weighted by molar-refractivity contribution is 0.0905. The summed E-state index contributed by atoms with van der Waals surface area (Å²) < 4.78 is 18.9. The van der Waals surface area contributed by atoms with Gasteiger partial charge in [0.25, 0.3) is 0 Å². The van der Waals surface area contributed by atoms with Crippen molar-refractivity contribution < 1.29 is 9.13 Å². The molecule has 0 amide bonds. The molecule has 1 aliphatic rings. The van der Waals surface area contributed by atoms with Gasteiger partial charge in [0.15, 0.2) is 0 Å². The Morgan fingerprint density at radius 3 is 2.70 bits per heavy atom. The minimum atomic E-state index is -0.221. The lowest BCUT2D eigenvalue weighted by atomic mass is 10.1. The Balaban J connectivity index is 1.69. The minimum absolute atomic E-state index is 0.221. The molecule has 2 aromatic carbocycles. The topological polar surface area (TPSA) is 37.0 Å². The predicted molar refractivity (Wildman–Crippen MR) is 91.2 cm³/mol. The zero-order chi connectivity index (χ0) is 15.6. The monoisotopic (exact) mass is 310 g/mol. The standard InChI is InChI=1S/C19H19FN2O/c20-15-5-1-3-13(11-15)18-12-14-4-2-6-17(19(14)22-18)21-16-7-9-23-10-8-16/h1-6,11-12,16,21-22H,7-10H2. The summed E-state index contributed by atoms with van der Waals surface area (Å²) in [5.74, 6) is -0.221. The Morgan fingerprint density at radius 1 is 1.04 bits per heavy atom. The van der Waals surface area contributed by atoms with Crippen LogP contribution < -0.4 is 5.32 Å². The lowest BCUT2D eigenvalue weighted by Gasteiger charge is -2.24. The number of para-hydroxylation sites is 1. The second kappa shape index (κ2) is 6.05. The number of H-pyrrole nitrogens is 1. The second-order valence-electron chi connectivity index (χ2n) is 5.99. The fraction of sp³-hybridized carbons (Fsp3) is 0.263. The van der Waals surface area contributed by atoms with Gasteiger partial charge in [-0.25, -0.2) is 4.39 Å². The molecule has 0 bridgehead atoms. The van der Waals surface area contributed by atoms with Crippen LogP contribution in [-0.4, -0.2) is 24.2 Å². The smallest absolute Gasteiger partial charge is 0.123 e. The molecule has 4 rings (SSSR count). The molecule has 1 aromatic heterocycles. The van der Waals surface area contributed by atoms with Crippen molar-refractivity contribution in [1.82, 2.24) is 4.98 Å². The van der Waals surface area contributed by atoms with E-state index in [2.05, 4.69) is 28.5 Å². The first-order valence-corrected chi connectivity index (χ1v) is 8.01. The Hall–Kier alpha value is -2.33. The Morgan fingerprint density at radius 2 is 1.87 bits per heavy atom. The van der Waals surface area contributed by atoms with Crippen LogP contribution in [0.25, 0.3) is 22.2 Å². The van der Waals surface area contributed by atoms with Crippen molar-refractivity contribution in [1.29, 1.82) is 0 Å². The maximum atomic E-state index is 13.5. The van der Waals surface area contributed by atoms with Gasteiger partial charge in [-0.3, -0.25) is 0 Å². The zero-order valence-corrected chi connectivity index (χ0v) is 12.8. The van der Waals surface area contributed by atoms with Crippen LogP contribution in [-0.2, 0) is 4.74 Å².